The van der Waals surface area contributed by atoms with Gasteiger partial charge in [0.25, 0.3) is 5.91 Å². The maximum absolute atomic E-state index is 12.9. The Kier molecular flexibility index (Phi) is 5.83. The van der Waals surface area contributed by atoms with Crippen molar-refractivity contribution >= 4 is 16.8 Å². The Morgan fingerprint density at radius 1 is 0.938 bits per heavy atom. The number of aromatic nitrogens is 2. The first-order valence-corrected chi connectivity index (χ1v) is 10.7. The molecule has 0 aliphatic carbocycles. The van der Waals surface area contributed by atoms with Crippen molar-refractivity contribution in [2.24, 2.45) is 0 Å². The lowest BCUT2D eigenvalue weighted by Crippen LogP contribution is -2.48. The molecule has 7 nitrogen and oxygen atoms in total. The number of morpholine rings is 1. The summed E-state index contributed by atoms with van der Waals surface area (Å²) in [5.41, 5.74) is 5.53. The summed E-state index contributed by atoms with van der Waals surface area (Å²) in [6.45, 7) is 3.14. The van der Waals surface area contributed by atoms with Crippen LogP contribution in [0, 0.1) is 0 Å². The number of hydrogen-bond acceptors (Lipinski definition) is 5. The molecule has 3 aromatic carbocycles. The van der Waals surface area contributed by atoms with Gasteiger partial charge >= 0.3 is 0 Å². The van der Waals surface area contributed by atoms with Crippen molar-refractivity contribution in [3.63, 3.8) is 0 Å². The zero-order valence-electron chi connectivity index (χ0n) is 17.6. The molecule has 162 valence electrons. The van der Waals surface area contributed by atoms with Crippen LogP contribution in [0.15, 0.2) is 78.9 Å². The van der Waals surface area contributed by atoms with Gasteiger partial charge in [0.05, 0.1) is 36.2 Å². The zero-order valence-corrected chi connectivity index (χ0v) is 17.6. The van der Waals surface area contributed by atoms with Gasteiger partial charge in [-0.25, -0.2) is 5.01 Å². The van der Waals surface area contributed by atoms with E-state index in [0.29, 0.717) is 50.0 Å². The number of fused-ring (bicyclic) bond motifs is 1. The molecule has 1 aliphatic rings. The lowest BCUT2D eigenvalue weighted by atomic mass is 10.2. The minimum Gasteiger partial charge on any atom is -0.436 e. The van der Waals surface area contributed by atoms with E-state index in [1.54, 1.807) is 12.1 Å². The number of carbonyl (C=O) groups excluding carboxylic acids is 1. The standard InChI is InChI=1S/C25H24N4O3/c30-24(26-28-14-16-31-17-15-28)21-11-5-7-13-23(21)32-25-20-10-4-6-12-22(20)29(27-25)18-19-8-2-1-3-9-19/h1-13H,14-18H2,(H,26,30). The molecule has 0 atom stereocenters. The summed E-state index contributed by atoms with van der Waals surface area (Å²) in [7, 11) is 0. The average molecular weight is 428 g/mol. The fraction of sp³-hybridized carbons (Fsp3) is 0.200. The van der Waals surface area contributed by atoms with Crippen LogP contribution in [0.1, 0.15) is 15.9 Å². The molecule has 2 heterocycles. The number of ether oxygens (including phenoxy) is 2. The van der Waals surface area contributed by atoms with Crippen molar-refractivity contribution in [3.05, 3.63) is 90.0 Å². The molecular weight excluding hydrogens is 404 g/mol. The highest BCUT2D eigenvalue weighted by molar-refractivity contribution is 5.97. The number of nitrogens with zero attached hydrogens (tertiary/aromatic N) is 3. The van der Waals surface area contributed by atoms with Gasteiger partial charge in [-0.3, -0.25) is 14.9 Å². The first-order valence-electron chi connectivity index (χ1n) is 10.7. The van der Waals surface area contributed by atoms with E-state index in [-0.39, 0.29) is 5.91 Å². The third-order valence-corrected chi connectivity index (χ3v) is 5.41. The van der Waals surface area contributed by atoms with E-state index in [1.165, 1.54) is 0 Å². The Bertz CT molecular complexity index is 1220. The first kappa shape index (κ1) is 20.2. The largest absolute Gasteiger partial charge is 0.436 e. The Hall–Kier alpha value is -3.68. The average Bonchev–Trinajstić information content (AvgIpc) is 3.18. The number of hydrogen-bond donors (Lipinski definition) is 1. The summed E-state index contributed by atoms with van der Waals surface area (Å²) < 4.78 is 13.5. The minimum atomic E-state index is -0.212. The van der Waals surface area contributed by atoms with E-state index < -0.39 is 0 Å². The van der Waals surface area contributed by atoms with Gasteiger partial charge in [-0.1, -0.05) is 54.6 Å². The number of para-hydroxylation sites is 2. The van der Waals surface area contributed by atoms with E-state index in [4.69, 9.17) is 14.6 Å². The van der Waals surface area contributed by atoms with Crippen LogP contribution in [0.4, 0.5) is 0 Å². The van der Waals surface area contributed by atoms with Gasteiger partial charge in [0, 0.05) is 13.1 Å². The summed E-state index contributed by atoms with van der Waals surface area (Å²) in [5, 5.41) is 7.49. The summed E-state index contributed by atoms with van der Waals surface area (Å²) in [5.74, 6) is 0.729. The first-order chi connectivity index (χ1) is 15.8. The van der Waals surface area contributed by atoms with Gasteiger partial charge in [0.15, 0.2) is 0 Å². The number of benzene rings is 3. The summed E-state index contributed by atoms with van der Waals surface area (Å²) in [6, 6.07) is 25.3. The molecule has 1 fully saturated rings. The lowest BCUT2D eigenvalue weighted by molar-refractivity contribution is 0.0125. The number of amides is 1. The highest BCUT2D eigenvalue weighted by Gasteiger charge is 2.19. The Morgan fingerprint density at radius 2 is 1.66 bits per heavy atom. The van der Waals surface area contributed by atoms with E-state index in [2.05, 4.69) is 17.6 Å². The number of carbonyl (C=O) groups is 1. The van der Waals surface area contributed by atoms with Gasteiger partial charge in [-0.05, 0) is 29.8 Å². The van der Waals surface area contributed by atoms with Crippen LogP contribution in [0.3, 0.4) is 0 Å². The Labute approximate surface area is 186 Å². The van der Waals surface area contributed by atoms with Crippen LogP contribution in [-0.2, 0) is 11.3 Å². The number of nitrogens with one attached hydrogen (secondary N) is 1. The Balaban J connectivity index is 1.43. The van der Waals surface area contributed by atoms with E-state index in [9.17, 15) is 4.79 Å². The number of rotatable bonds is 6. The number of hydrazine groups is 1. The molecule has 0 spiro atoms. The van der Waals surface area contributed by atoms with Crippen LogP contribution in [0.25, 0.3) is 10.9 Å². The van der Waals surface area contributed by atoms with Gasteiger partial charge < -0.3 is 9.47 Å². The molecule has 32 heavy (non-hydrogen) atoms. The molecule has 1 amide bonds. The molecular formula is C25H24N4O3. The summed E-state index contributed by atoms with van der Waals surface area (Å²) >= 11 is 0. The molecule has 7 heteroatoms. The topological polar surface area (TPSA) is 68.6 Å². The van der Waals surface area contributed by atoms with E-state index >= 15 is 0 Å². The molecule has 0 saturated carbocycles. The van der Waals surface area contributed by atoms with Crippen molar-refractivity contribution in [1.82, 2.24) is 20.2 Å². The van der Waals surface area contributed by atoms with Gasteiger partial charge in [-0.15, -0.1) is 5.10 Å². The van der Waals surface area contributed by atoms with Gasteiger partial charge in [0.2, 0.25) is 5.88 Å². The fourth-order valence-corrected chi connectivity index (χ4v) is 3.78. The molecule has 0 unspecified atom stereocenters. The van der Waals surface area contributed by atoms with Crippen LogP contribution in [0.2, 0.25) is 0 Å². The van der Waals surface area contributed by atoms with Crippen molar-refractivity contribution in [1.29, 1.82) is 0 Å². The van der Waals surface area contributed by atoms with Crippen molar-refractivity contribution in [2.75, 3.05) is 26.3 Å². The van der Waals surface area contributed by atoms with Crippen molar-refractivity contribution < 1.29 is 14.3 Å². The molecule has 4 aromatic rings. The van der Waals surface area contributed by atoms with Crippen molar-refractivity contribution in [3.8, 4) is 11.6 Å². The molecule has 1 aromatic heterocycles. The monoisotopic (exact) mass is 428 g/mol. The fourth-order valence-electron chi connectivity index (χ4n) is 3.78. The third-order valence-electron chi connectivity index (χ3n) is 5.41. The van der Waals surface area contributed by atoms with Crippen LogP contribution in [-0.4, -0.2) is 47.0 Å². The molecule has 1 aliphatic heterocycles. The lowest BCUT2D eigenvalue weighted by Gasteiger charge is -2.27. The predicted octanol–water partition coefficient (Wildman–Crippen LogP) is 3.85. The van der Waals surface area contributed by atoms with Crippen LogP contribution >= 0.6 is 0 Å². The second kappa shape index (κ2) is 9.21. The smallest absolute Gasteiger partial charge is 0.269 e. The van der Waals surface area contributed by atoms with E-state index in [1.807, 2.05) is 64.3 Å². The minimum absolute atomic E-state index is 0.212. The summed E-state index contributed by atoms with van der Waals surface area (Å²) in [4.78, 5) is 12.9. The third kappa shape index (κ3) is 4.34. The van der Waals surface area contributed by atoms with Crippen LogP contribution in [0.5, 0.6) is 11.6 Å². The second-order valence-corrected chi connectivity index (χ2v) is 7.60. The second-order valence-electron chi connectivity index (χ2n) is 7.60. The summed E-state index contributed by atoms with van der Waals surface area (Å²) in [6.07, 6.45) is 0. The quantitative estimate of drug-likeness (QED) is 0.505. The molecule has 1 saturated heterocycles. The molecule has 1 N–H and O–H groups in total. The predicted molar refractivity (Wildman–Crippen MR) is 122 cm³/mol. The molecule has 5 rings (SSSR count). The van der Waals surface area contributed by atoms with Gasteiger partial charge in [-0.2, -0.15) is 0 Å². The van der Waals surface area contributed by atoms with E-state index in [0.717, 1.165) is 16.5 Å². The SMILES string of the molecule is O=C(NN1CCOCC1)c1ccccc1Oc1nn(Cc2ccccc2)c2ccccc12. The molecule has 0 bridgehead atoms. The van der Waals surface area contributed by atoms with Crippen molar-refractivity contribution in [2.45, 2.75) is 6.54 Å². The van der Waals surface area contributed by atoms with Crippen LogP contribution < -0.4 is 10.2 Å². The highest BCUT2D eigenvalue weighted by atomic mass is 16.5. The van der Waals surface area contributed by atoms with Gasteiger partial charge in [0.1, 0.15) is 5.75 Å². The maximum Gasteiger partial charge on any atom is 0.269 e. The highest BCUT2D eigenvalue weighted by Crippen LogP contribution is 2.31. The maximum atomic E-state index is 12.9. The zero-order chi connectivity index (χ0) is 21.8. The Morgan fingerprint density at radius 3 is 2.50 bits per heavy atom. The normalized spacial score (nSPS) is 14.4. The molecule has 0 radical (unpaired) electrons.